The van der Waals surface area contributed by atoms with E-state index in [2.05, 4.69) is 0 Å². The topological polar surface area (TPSA) is 53.7 Å². The Labute approximate surface area is 95.9 Å². The third-order valence-corrected chi connectivity index (χ3v) is 2.19. The molecule has 0 aliphatic carbocycles. The lowest BCUT2D eigenvalue weighted by Gasteiger charge is -2.24. The fourth-order valence-electron chi connectivity index (χ4n) is 1.52. The van der Waals surface area contributed by atoms with Crippen molar-refractivity contribution in [3.05, 3.63) is 23.7 Å². The lowest BCUT2D eigenvalue weighted by molar-refractivity contribution is 0.0351. The maximum Gasteiger partial charge on any atom is 0.289 e. The number of amides is 1. The van der Waals surface area contributed by atoms with E-state index in [-0.39, 0.29) is 12.5 Å². The first-order chi connectivity index (χ1) is 7.33. The summed E-state index contributed by atoms with van der Waals surface area (Å²) in [5, 5.41) is 9.61. The van der Waals surface area contributed by atoms with Gasteiger partial charge in [0.2, 0.25) is 0 Å². The Balaban J connectivity index is 2.70. The monoisotopic (exact) mass is 225 g/mol. The normalized spacial score (nSPS) is 11.6. The van der Waals surface area contributed by atoms with Gasteiger partial charge in [-0.15, -0.1) is 0 Å². The summed E-state index contributed by atoms with van der Waals surface area (Å²) in [6.07, 6.45) is 0.766. The number of carbonyl (C=O) groups excluding carboxylic acids is 1. The molecule has 0 aliphatic heterocycles. The molecule has 1 rings (SSSR count). The van der Waals surface area contributed by atoms with Gasteiger partial charge in [-0.2, -0.15) is 0 Å². The van der Waals surface area contributed by atoms with Gasteiger partial charge in [0.25, 0.3) is 5.91 Å². The largest absolute Gasteiger partial charge is 0.456 e. The number of aryl methyl sites for hydroxylation is 1. The smallest absolute Gasteiger partial charge is 0.289 e. The van der Waals surface area contributed by atoms with E-state index in [0.717, 1.165) is 12.2 Å². The minimum Gasteiger partial charge on any atom is -0.456 e. The second-order valence-electron chi connectivity index (χ2n) is 4.59. The minimum atomic E-state index is -0.898. The maximum atomic E-state index is 11.9. The summed E-state index contributed by atoms with van der Waals surface area (Å²) in [5.41, 5.74) is -0.898. The highest BCUT2D eigenvalue weighted by Crippen LogP contribution is 2.12. The zero-order valence-electron chi connectivity index (χ0n) is 10.3. The van der Waals surface area contributed by atoms with Crippen molar-refractivity contribution >= 4 is 5.91 Å². The number of aliphatic hydroxyl groups is 1. The van der Waals surface area contributed by atoms with Crippen molar-refractivity contribution in [2.45, 2.75) is 32.8 Å². The van der Waals surface area contributed by atoms with E-state index in [4.69, 9.17) is 4.42 Å². The second kappa shape index (κ2) is 4.70. The van der Waals surface area contributed by atoms with Crippen molar-refractivity contribution < 1.29 is 14.3 Å². The van der Waals surface area contributed by atoms with E-state index in [1.165, 1.54) is 4.90 Å². The van der Waals surface area contributed by atoms with Gasteiger partial charge in [-0.1, -0.05) is 6.92 Å². The summed E-state index contributed by atoms with van der Waals surface area (Å²) in [6, 6.07) is 3.47. The number of hydrogen-bond donors (Lipinski definition) is 1. The van der Waals surface area contributed by atoms with Crippen molar-refractivity contribution in [2.24, 2.45) is 0 Å². The van der Waals surface area contributed by atoms with Crippen LogP contribution in [0.3, 0.4) is 0 Å². The highest BCUT2D eigenvalue weighted by atomic mass is 16.4. The van der Waals surface area contributed by atoms with Crippen LogP contribution in [0, 0.1) is 0 Å². The molecule has 16 heavy (non-hydrogen) atoms. The molecule has 0 aliphatic rings. The Morgan fingerprint density at radius 3 is 2.56 bits per heavy atom. The van der Waals surface area contributed by atoms with Crippen LogP contribution in [-0.2, 0) is 6.42 Å². The number of carbonyl (C=O) groups is 1. The van der Waals surface area contributed by atoms with E-state index in [0.29, 0.717) is 5.76 Å². The summed E-state index contributed by atoms with van der Waals surface area (Å²) in [4.78, 5) is 13.3. The summed E-state index contributed by atoms with van der Waals surface area (Å²) in [5.74, 6) is 0.908. The molecule has 0 saturated carbocycles. The zero-order chi connectivity index (χ0) is 12.3. The van der Waals surface area contributed by atoms with Gasteiger partial charge in [0, 0.05) is 20.0 Å². The molecule has 4 nitrogen and oxygen atoms in total. The molecule has 0 fully saturated rings. The van der Waals surface area contributed by atoms with E-state index in [9.17, 15) is 9.90 Å². The molecule has 0 unspecified atom stereocenters. The Kier molecular flexibility index (Phi) is 3.75. The van der Waals surface area contributed by atoms with Crippen LogP contribution in [0.4, 0.5) is 0 Å². The predicted octanol–water partition coefficient (Wildman–Crippen LogP) is 1.68. The van der Waals surface area contributed by atoms with Crippen LogP contribution in [0.25, 0.3) is 0 Å². The van der Waals surface area contributed by atoms with E-state index in [1.54, 1.807) is 33.0 Å². The molecule has 1 heterocycles. The molecule has 1 amide bonds. The molecule has 0 radical (unpaired) electrons. The maximum absolute atomic E-state index is 11.9. The van der Waals surface area contributed by atoms with Crippen LogP contribution < -0.4 is 0 Å². The molecular weight excluding hydrogens is 206 g/mol. The van der Waals surface area contributed by atoms with Gasteiger partial charge >= 0.3 is 0 Å². The van der Waals surface area contributed by atoms with Crippen LogP contribution in [0.5, 0.6) is 0 Å². The lowest BCUT2D eigenvalue weighted by Crippen LogP contribution is -2.39. The van der Waals surface area contributed by atoms with Gasteiger partial charge in [0.1, 0.15) is 5.76 Å². The van der Waals surface area contributed by atoms with Gasteiger partial charge in [0.05, 0.1) is 5.60 Å². The van der Waals surface area contributed by atoms with E-state index >= 15 is 0 Å². The Hall–Kier alpha value is -1.29. The SMILES string of the molecule is CCc1ccc(C(=O)N(C)CC(C)(C)O)o1. The van der Waals surface area contributed by atoms with Gasteiger partial charge < -0.3 is 14.4 Å². The van der Waals surface area contributed by atoms with Crippen LogP contribution in [0.1, 0.15) is 37.1 Å². The van der Waals surface area contributed by atoms with Gasteiger partial charge in [-0.25, -0.2) is 0 Å². The highest BCUT2D eigenvalue weighted by molar-refractivity contribution is 5.91. The third kappa shape index (κ3) is 3.38. The molecule has 90 valence electrons. The van der Waals surface area contributed by atoms with Crippen molar-refractivity contribution in [3.63, 3.8) is 0 Å². The zero-order valence-corrected chi connectivity index (χ0v) is 10.3. The van der Waals surface area contributed by atoms with Crippen LogP contribution in [-0.4, -0.2) is 35.1 Å². The predicted molar refractivity (Wildman–Crippen MR) is 61.3 cm³/mol. The number of rotatable bonds is 4. The van der Waals surface area contributed by atoms with Gasteiger partial charge in [0.15, 0.2) is 5.76 Å². The highest BCUT2D eigenvalue weighted by Gasteiger charge is 2.22. The molecule has 1 N–H and O–H groups in total. The van der Waals surface area contributed by atoms with Crippen molar-refractivity contribution in [1.29, 1.82) is 0 Å². The van der Waals surface area contributed by atoms with Crippen molar-refractivity contribution in [3.8, 4) is 0 Å². The standard InChI is InChI=1S/C12H19NO3/c1-5-9-6-7-10(16-9)11(14)13(4)8-12(2,3)15/h6-7,15H,5,8H2,1-4H3. The van der Waals surface area contributed by atoms with Crippen molar-refractivity contribution in [1.82, 2.24) is 4.90 Å². The fraction of sp³-hybridized carbons (Fsp3) is 0.583. The van der Waals surface area contributed by atoms with Gasteiger partial charge in [-0.3, -0.25) is 4.79 Å². The number of furan rings is 1. The number of hydrogen-bond acceptors (Lipinski definition) is 3. The second-order valence-corrected chi connectivity index (χ2v) is 4.59. The summed E-state index contributed by atoms with van der Waals surface area (Å²) >= 11 is 0. The summed E-state index contributed by atoms with van der Waals surface area (Å²) in [6.45, 7) is 5.56. The van der Waals surface area contributed by atoms with E-state index < -0.39 is 5.60 Å². The molecule has 0 aromatic carbocycles. The molecule has 1 aromatic rings. The van der Waals surface area contributed by atoms with E-state index in [1.807, 2.05) is 6.92 Å². The van der Waals surface area contributed by atoms with Crippen LogP contribution >= 0.6 is 0 Å². The first-order valence-corrected chi connectivity index (χ1v) is 5.40. The summed E-state index contributed by atoms with van der Waals surface area (Å²) < 4.78 is 5.36. The molecule has 1 aromatic heterocycles. The summed E-state index contributed by atoms with van der Waals surface area (Å²) in [7, 11) is 1.65. The van der Waals surface area contributed by atoms with Gasteiger partial charge in [-0.05, 0) is 26.0 Å². The van der Waals surface area contributed by atoms with Crippen LogP contribution in [0.2, 0.25) is 0 Å². The Morgan fingerprint density at radius 2 is 2.12 bits per heavy atom. The molecule has 0 bridgehead atoms. The van der Waals surface area contributed by atoms with Crippen LogP contribution in [0.15, 0.2) is 16.5 Å². The molecule has 0 saturated heterocycles. The fourth-order valence-corrected chi connectivity index (χ4v) is 1.52. The molecule has 0 spiro atoms. The van der Waals surface area contributed by atoms with Crippen molar-refractivity contribution in [2.75, 3.05) is 13.6 Å². The average Bonchev–Trinajstić information content (AvgIpc) is 2.61. The average molecular weight is 225 g/mol. The Morgan fingerprint density at radius 1 is 1.50 bits per heavy atom. The Bertz CT molecular complexity index is 363. The first kappa shape index (κ1) is 12.8. The third-order valence-electron chi connectivity index (χ3n) is 2.19. The molecule has 0 atom stereocenters. The number of nitrogens with zero attached hydrogens (tertiary/aromatic N) is 1. The lowest BCUT2D eigenvalue weighted by atomic mass is 10.1. The quantitative estimate of drug-likeness (QED) is 0.848. The minimum absolute atomic E-state index is 0.207. The molecule has 4 heteroatoms. The first-order valence-electron chi connectivity index (χ1n) is 5.40. The number of likely N-dealkylation sites (N-methyl/N-ethyl adjacent to an activating group) is 1. The molecular formula is C12H19NO3.